The Morgan fingerprint density at radius 3 is 2.94 bits per heavy atom. The molecule has 2 rings (SSSR count). The van der Waals surface area contributed by atoms with Crippen LogP contribution in [0.15, 0.2) is 29.9 Å². The lowest BCUT2D eigenvalue weighted by atomic mass is 10.3. The van der Waals surface area contributed by atoms with E-state index in [9.17, 15) is 0 Å². The molecule has 0 saturated carbocycles. The maximum absolute atomic E-state index is 4.25. The van der Waals surface area contributed by atoms with Gasteiger partial charge >= 0.3 is 0 Å². The zero-order valence-electron chi connectivity index (χ0n) is 9.81. The summed E-state index contributed by atoms with van der Waals surface area (Å²) in [6.07, 6.45) is 4.61. The standard InChI is InChI=1S/C12H16N4S/c1-2-13-11-9-10(3-5-15-11)14-6-4-12-16-7-8-17-12/h3,5,7-9H,2,4,6H2,1H3,(H2,13,14,15). The molecule has 0 aliphatic rings. The third kappa shape index (κ3) is 3.71. The third-order valence-corrected chi connectivity index (χ3v) is 3.11. The van der Waals surface area contributed by atoms with Crippen LogP contribution in [0.2, 0.25) is 0 Å². The first-order chi connectivity index (χ1) is 8.38. The van der Waals surface area contributed by atoms with Crippen molar-refractivity contribution in [3.63, 3.8) is 0 Å². The van der Waals surface area contributed by atoms with Gasteiger partial charge in [-0.25, -0.2) is 9.97 Å². The van der Waals surface area contributed by atoms with Crippen LogP contribution < -0.4 is 10.6 Å². The molecule has 0 spiro atoms. The summed E-state index contributed by atoms with van der Waals surface area (Å²) in [5.74, 6) is 0.909. The van der Waals surface area contributed by atoms with Crippen LogP contribution in [0.5, 0.6) is 0 Å². The van der Waals surface area contributed by atoms with E-state index in [1.807, 2.05) is 29.9 Å². The van der Waals surface area contributed by atoms with Gasteiger partial charge in [-0.2, -0.15) is 0 Å². The quantitative estimate of drug-likeness (QED) is 0.825. The number of nitrogens with zero attached hydrogens (tertiary/aromatic N) is 2. The van der Waals surface area contributed by atoms with Gasteiger partial charge in [-0.1, -0.05) is 0 Å². The van der Waals surface area contributed by atoms with Crippen molar-refractivity contribution >= 4 is 22.8 Å². The normalized spacial score (nSPS) is 10.2. The zero-order valence-corrected chi connectivity index (χ0v) is 10.6. The number of hydrogen-bond donors (Lipinski definition) is 2. The largest absolute Gasteiger partial charge is 0.384 e. The van der Waals surface area contributed by atoms with Crippen LogP contribution >= 0.6 is 11.3 Å². The topological polar surface area (TPSA) is 49.8 Å². The van der Waals surface area contributed by atoms with E-state index in [2.05, 4.69) is 27.5 Å². The van der Waals surface area contributed by atoms with Crippen molar-refractivity contribution in [2.45, 2.75) is 13.3 Å². The molecule has 0 radical (unpaired) electrons. The van der Waals surface area contributed by atoms with Gasteiger partial charge in [-0.3, -0.25) is 0 Å². The van der Waals surface area contributed by atoms with Gasteiger partial charge in [0.05, 0.1) is 5.01 Å². The maximum Gasteiger partial charge on any atom is 0.127 e. The van der Waals surface area contributed by atoms with E-state index in [0.29, 0.717) is 0 Å². The number of hydrogen-bond acceptors (Lipinski definition) is 5. The summed E-state index contributed by atoms with van der Waals surface area (Å²) in [7, 11) is 0. The molecule has 0 amide bonds. The van der Waals surface area contributed by atoms with E-state index < -0.39 is 0 Å². The minimum atomic E-state index is 0.884. The predicted octanol–water partition coefficient (Wildman–Crippen LogP) is 2.62. The first-order valence-corrected chi connectivity index (χ1v) is 6.58. The van der Waals surface area contributed by atoms with E-state index in [4.69, 9.17) is 0 Å². The summed E-state index contributed by atoms with van der Waals surface area (Å²) in [6.45, 7) is 3.84. The summed E-state index contributed by atoms with van der Waals surface area (Å²) in [6, 6.07) is 3.99. The third-order valence-electron chi connectivity index (χ3n) is 2.27. The zero-order chi connectivity index (χ0) is 11.9. The molecule has 17 heavy (non-hydrogen) atoms. The summed E-state index contributed by atoms with van der Waals surface area (Å²) < 4.78 is 0. The summed E-state index contributed by atoms with van der Waals surface area (Å²) in [4.78, 5) is 8.47. The second-order valence-electron chi connectivity index (χ2n) is 3.56. The van der Waals surface area contributed by atoms with Crippen LogP contribution in [0.25, 0.3) is 0 Å². The summed E-state index contributed by atoms with van der Waals surface area (Å²) >= 11 is 1.69. The SMILES string of the molecule is CCNc1cc(NCCc2nccs2)ccn1. The maximum atomic E-state index is 4.25. The average molecular weight is 248 g/mol. The molecule has 0 aromatic carbocycles. The Morgan fingerprint density at radius 1 is 1.24 bits per heavy atom. The van der Waals surface area contributed by atoms with Crippen molar-refractivity contribution in [3.05, 3.63) is 34.9 Å². The van der Waals surface area contributed by atoms with Gasteiger partial charge in [0.1, 0.15) is 5.82 Å². The highest BCUT2D eigenvalue weighted by Crippen LogP contribution is 2.12. The Bertz CT molecular complexity index is 442. The highest BCUT2D eigenvalue weighted by molar-refractivity contribution is 7.09. The molecule has 2 heterocycles. The summed E-state index contributed by atoms with van der Waals surface area (Å²) in [5.41, 5.74) is 1.09. The molecule has 0 bridgehead atoms. The molecule has 2 aromatic heterocycles. The van der Waals surface area contributed by atoms with E-state index in [0.717, 1.165) is 31.0 Å². The molecule has 0 aliphatic heterocycles. The van der Waals surface area contributed by atoms with Crippen molar-refractivity contribution in [2.75, 3.05) is 23.7 Å². The number of anilines is 2. The van der Waals surface area contributed by atoms with Crippen molar-refractivity contribution in [3.8, 4) is 0 Å². The van der Waals surface area contributed by atoms with Crippen molar-refractivity contribution in [1.82, 2.24) is 9.97 Å². The fourth-order valence-electron chi connectivity index (χ4n) is 1.51. The molecule has 90 valence electrons. The van der Waals surface area contributed by atoms with Crippen LogP contribution in [0.4, 0.5) is 11.5 Å². The molecule has 4 nitrogen and oxygen atoms in total. The van der Waals surface area contributed by atoms with Crippen molar-refractivity contribution in [1.29, 1.82) is 0 Å². The van der Waals surface area contributed by atoms with Gasteiger partial charge in [-0.15, -0.1) is 11.3 Å². The Labute approximate surface area is 105 Å². The fraction of sp³-hybridized carbons (Fsp3) is 0.333. The molecule has 0 fully saturated rings. The van der Waals surface area contributed by atoms with Crippen LogP contribution in [0.1, 0.15) is 11.9 Å². The lowest BCUT2D eigenvalue weighted by molar-refractivity contribution is 0.997. The predicted molar refractivity (Wildman–Crippen MR) is 72.7 cm³/mol. The smallest absolute Gasteiger partial charge is 0.127 e. The Hall–Kier alpha value is -1.62. The fourth-order valence-corrected chi connectivity index (χ4v) is 2.13. The second-order valence-corrected chi connectivity index (χ2v) is 4.54. The highest BCUT2D eigenvalue weighted by Gasteiger charge is 1.97. The Balaban J connectivity index is 1.84. The van der Waals surface area contributed by atoms with Gasteiger partial charge in [0.15, 0.2) is 0 Å². The van der Waals surface area contributed by atoms with Crippen LogP contribution in [0, 0.1) is 0 Å². The Morgan fingerprint density at radius 2 is 2.18 bits per heavy atom. The van der Waals surface area contributed by atoms with Gasteiger partial charge in [0, 0.05) is 49.0 Å². The van der Waals surface area contributed by atoms with Crippen molar-refractivity contribution in [2.24, 2.45) is 0 Å². The average Bonchev–Trinajstić information content (AvgIpc) is 2.83. The number of aromatic nitrogens is 2. The molecule has 0 aliphatic carbocycles. The summed E-state index contributed by atoms with van der Waals surface area (Å²) in [5, 5.41) is 9.73. The van der Waals surface area contributed by atoms with Gasteiger partial charge in [0.2, 0.25) is 0 Å². The number of thiazole rings is 1. The molecule has 2 N–H and O–H groups in total. The molecular formula is C12H16N4S. The van der Waals surface area contributed by atoms with Crippen LogP contribution in [-0.2, 0) is 6.42 Å². The first-order valence-electron chi connectivity index (χ1n) is 5.70. The minimum absolute atomic E-state index is 0.884. The van der Waals surface area contributed by atoms with Crippen molar-refractivity contribution < 1.29 is 0 Å². The van der Waals surface area contributed by atoms with Crippen LogP contribution in [-0.4, -0.2) is 23.1 Å². The van der Waals surface area contributed by atoms with E-state index in [-0.39, 0.29) is 0 Å². The lowest BCUT2D eigenvalue weighted by Gasteiger charge is -2.07. The van der Waals surface area contributed by atoms with Crippen LogP contribution in [0.3, 0.4) is 0 Å². The highest BCUT2D eigenvalue weighted by atomic mass is 32.1. The molecular weight excluding hydrogens is 232 g/mol. The molecule has 0 atom stereocenters. The minimum Gasteiger partial charge on any atom is -0.384 e. The van der Waals surface area contributed by atoms with E-state index in [1.165, 1.54) is 5.01 Å². The number of nitrogens with one attached hydrogen (secondary N) is 2. The molecule has 2 aromatic rings. The molecule has 0 unspecified atom stereocenters. The Kier molecular flexibility index (Phi) is 4.32. The van der Waals surface area contributed by atoms with E-state index in [1.54, 1.807) is 11.3 Å². The lowest BCUT2D eigenvalue weighted by Crippen LogP contribution is -2.06. The molecule has 5 heteroatoms. The van der Waals surface area contributed by atoms with Gasteiger partial charge in [0.25, 0.3) is 0 Å². The number of pyridine rings is 1. The second kappa shape index (κ2) is 6.20. The van der Waals surface area contributed by atoms with Gasteiger partial charge in [-0.05, 0) is 13.0 Å². The van der Waals surface area contributed by atoms with E-state index >= 15 is 0 Å². The monoisotopic (exact) mass is 248 g/mol. The number of rotatable bonds is 6. The molecule has 0 saturated heterocycles. The van der Waals surface area contributed by atoms with Gasteiger partial charge < -0.3 is 10.6 Å². The first kappa shape index (κ1) is 11.9.